The normalized spacial score (nSPS) is 21.8. The van der Waals surface area contributed by atoms with E-state index >= 15 is 0 Å². The summed E-state index contributed by atoms with van der Waals surface area (Å²) in [5.74, 6) is -0.729. The summed E-state index contributed by atoms with van der Waals surface area (Å²) >= 11 is 0. The van der Waals surface area contributed by atoms with E-state index in [1.807, 2.05) is 4.90 Å². The van der Waals surface area contributed by atoms with E-state index in [9.17, 15) is 4.79 Å². The van der Waals surface area contributed by atoms with Gasteiger partial charge in [-0.25, -0.2) is 0 Å². The standard InChI is InChI=1S/C10H17NO2/c1-7-4-5-11(6-8(7)2)9(3)10(12)13/h9H,4-6H2,1-3H3,(H,12,13). The Morgan fingerprint density at radius 3 is 2.54 bits per heavy atom. The summed E-state index contributed by atoms with van der Waals surface area (Å²) in [7, 11) is 0. The maximum Gasteiger partial charge on any atom is 0.320 e. The lowest BCUT2D eigenvalue weighted by Gasteiger charge is -2.31. The van der Waals surface area contributed by atoms with Gasteiger partial charge in [-0.3, -0.25) is 9.69 Å². The van der Waals surface area contributed by atoms with Crippen molar-refractivity contribution in [3.05, 3.63) is 11.1 Å². The fraction of sp³-hybridized carbons (Fsp3) is 0.700. The highest BCUT2D eigenvalue weighted by atomic mass is 16.4. The number of aliphatic carboxylic acids is 1. The molecule has 1 atom stereocenters. The molecule has 3 nitrogen and oxygen atoms in total. The van der Waals surface area contributed by atoms with Gasteiger partial charge in [0.2, 0.25) is 0 Å². The molecule has 74 valence electrons. The third-order valence-electron chi connectivity index (χ3n) is 2.85. The lowest BCUT2D eigenvalue weighted by atomic mass is 10.0. The molecule has 1 aliphatic heterocycles. The molecule has 1 aliphatic rings. The number of rotatable bonds is 2. The zero-order valence-electron chi connectivity index (χ0n) is 8.50. The first-order chi connectivity index (χ1) is 6.02. The first-order valence-corrected chi connectivity index (χ1v) is 4.64. The second kappa shape index (κ2) is 3.92. The average molecular weight is 183 g/mol. The summed E-state index contributed by atoms with van der Waals surface area (Å²) in [6, 6.07) is -0.358. The molecule has 0 radical (unpaired) electrons. The van der Waals surface area contributed by atoms with E-state index < -0.39 is 5.97 Å². The molecule has 0 amide bonds. The molecule has 0 aromatic rings. The SMILES string of the molecule is CC1=C(C)CN(C(C)C(=O)O)CC1. The van der Waals surface area contributed by atoms with Crippen LogP contribution in [0.25, 0.3) is 0 Å². The van der Waals surface area contributed by atoms with Crippen LogP contribution in [0.3, 0.4) is 0 Å². The molecule has 1 heterocycles. The lowest BCUT2D eigenvalue weighted by molar-refractivity contribution is -0.142. The number of carboxylic acids is 1. The molecular formula is C10H17NO2. The number of carbonyl (C=O) groups is 1. The molecule has 0 saturated carbocycles. The van der Waals surface area contributed by atoms with Gasteiger partial charge in [0.25, 0.3) is 0 Å². The van der Waals surface area contributed by atoms with E-state index in [-0.39, 0.29) is 6.04 Å². The summed E-state index contributed by atoms with van der Waals surface area (Å²) in [5, 5.41) is 8.83. The summed E-state index contributed by atoms with van der Waals surface area (Å²) in [6.45, 7) is 7.63. The van der Waals surface area contributed by atoms with E-state index in [1.54, 1.807) is 6.92 Å². The van der Waals surface area contributed by atoms with Crippen LogP contribution < -0.4 is 0 Å². The maximum absolute atomic E-state index is 10.7. The molecule has 0 aromatic carbocycles. The monoisotopic (exact) mass is 183 g/mol. The molecule has 0 aliphatic carbocycles. The molecule has 1 N–H and O–H groups in total. The van der Waals surface area contributed by atoms with Crippen molar-refractivity contribution in [3.63, 3.8) is 0 Å². The largest absolute Gasteiger partial charge is 0.480 e. The van der Waals surface area contributed by atoms with Gasteiger partial charge < -0.3 is 5.11 Å². The van der Waals surface area contributed by atoms with Crippen LogP contribution in [0.15, 0.2) is 11.1 Å². The second-order valence-corrected chi connectivity index (χ2v) is 3.80. The van der Waals surface area contributed by atoms with Crippen LogP contribution >= 0.6 is 0 Å². The Labute approximate surface area is 79.0 Å². The zero-order valence-corrected chi connectivity index (χ0v) is 8.50. The summed E-state index contributed by atoms with van der Waals surface area (Å²) in [6.07, 6.45) is 1.00. The van der Waals surface area contributed by atoms with Gasteiger partial charge in [-0.1, -0.05) is 11.1 Å². The van der Waals surface area contributed by atoms with E-state index in [0.29, 0.717) is 0 Å². The van der Waals surface area contributed by atoms with Crippen molar-refractivity contribution < 1.29 is 9.90 Å². The fourth-order valence-corrected chi connectivity index (χ4v) is 1.53. The minimum Gasteiger partial charge on any atom is -0.480 e. The van der Waals surface area contributed by atoms with Crippen molar-refractivity contribution in [2.45, 2.75) is 33.2 Å². The van der Waals surface area contributed by atoms with Crippen molar-refractivity contribution in [2.75, 3.05) is 13.1 Å². The van der Waals surface area contributed by atoms with Crippen LogP contribution in [0.1, 0.15) is 27.2 Å². The highest BCUT2D eigenvalue weighted by Crippen LogP contribution is 2.18. The van der Waals surface area contributed by atoms with Gasteiger partial charge in [0.15, 0.2) is 0 Å². The summed E-state index contributed by atoms with van der Waals surface area (Å²) in [5.41, 5.74) is 2.73. The molecule has 13 heavy (non-hydrogen) atoms. The van der Waals surface area contributed by atoms with Crippen molar-refractivity contribution >= 4 is 5.97 Å². The van der Waals surface area contributed by atoms with Gasteiger partial charge in [0.05, 0.1) is 0 Å². The molecule has 1 unspecified atom stereocenters. The molecular weight excluding hydrogens is 166 g/mol. The number of hydrogen-bond donors (Lipinski definition) is 1. The average Bonchev–Trinajstić information content (AvgIpc) is 2.08. The van der Waals surface area contributed by atoms with Gasteiger partial charge in [-0.05, 0) is 27.2 Å². The topological polar surface area (TPSA) is 40.5 Å². The van der Waals surface area contributed by atoms with Crippen molar-refractivity contribution in [3.8, 4) is 0 Å². The number of carboxylic acid groups (broad SMARTS) is 1. The quantitative estimate of drug-likeness (QED) is 0.659. The van der Waals surface area contributed by atoms with E-state index in [0.717, 1.165) is 19.5 Å². The predicted octanol–water partition coefficient (Wildman–Crippen LogP) is 1.50. The first-order valence-electron chi connectivity index (χ1n) is 4.64. The Morgan fingerprint density at radius 1 is 1.46 bits per heavy atom. The minimum atomic E-state index is -0.729. The Bertz CT molecular complexity index is 245. The maximum atomic E-state index is 10.7. The van der Waals surface area contributed by atoms with Crippen molar-refractivity contribution in [1.29, 1.82) is 0 Å². The van der Waals surface area contributed by atoms with Crippen LogP contribution in [0.4, 0.5) is 0 Å². The first kappa shape index (κ1) is 10.3. The smallest absolute Gasteiger partial charge is 0.320 e. The van der Waals surface area contributed by atoms with Crippen molar-refractivity contribution in [1.82, 2.24) is 4.90 Å². The van der Waals surface area contributed by atoms with Crippen LogP contribution in [0.5, 0.6) is 0 Å². The van der Waals surface area contributed by atoms with Gasteiger partial charge >= 0.3 is 5.97 Å². The third-order valence-corrected chi connectivity index (χ3v) is 2.85. The summed E-state index contributed by atoms with van der Waals surface area (Å²) in [4.78, 5) is 12.7. The number of hydrogen-bond acceptors (Lipinski definition) is 2. The molecule has 0 bridgehead atoms. The Kier molecular flexibility index (Phi) is 3.09. The highest BCUT2D eigenvalue weighted by molar-refractivity contribution is 5.73. The third kappa shape index (κ3) is 2.31. The van der Waals surface area contributed by atoms with Crippen molar-refractivity contribution in [2.24, 2.45) is 0 Å². The number of nitrogens with zero attached hydrogens (tertiary/aromatic N) is 1. The van der Waals surface area contributed by atoms with Crippen LogP contribution in [-0.4, -0.2) is 35.1 Å². The summed E-state index contributed by atoms with van der Waals surface area (Å²) < 4.78 is 0. The van der Waals surface area contributed by atoms with E-state index in [2.05, 4.69) is 13.8 Å². The molecule has 0 aromatic heterocycles. The molecule has 0 spiro atoms. The minimum absolute atomic E-state index is 0.358. The molecule has 0 fully saturated rings. The zero-order chi connectivity index (χ0) is 10.0. The lowest BCUT2D eigenvalue weighted by Crippen LogP contribution is -2.42. The van der Waals surface area contributed by atoms with Crippen LogP contribution in [-0.2, 0) is 4.79 Å². The Balaban J connectivity index is 2.63. The highest BCUT2D eigenvalue weighted by Gasteiger charge is 2.23. The van der Waals surface area contributed by atoms with E-state index in [1.165, 1.54) is 11.1 Å². The fourth-order valence-electron chi connectivity index (χ4n) is 1.53. The van der Waals surface area contributed by atoms with Gasteiger partial charge in [-0.2, -0.15) is 0 Å². The van der Waals surface area contributed by atoms with Gasteiger partial charge in [0.1, 0.15) is 6.04 Å². The predicted molar refractivity (Wildman–Crippen MR) is 51.7 cm³/mol. The molecule has 3 heteroatoms. The molecule has 0 saturated heterocycles. The van der Waals surface area contributed by atoms with Gasteiger partial charge in [0, 0.05) is 13.1 Å². The van der Waals surface area contributed by atoms with Crippen LogP contribution in [0.2, 0.25) is 0 Å². The Hall–Kier alpha value is -0.830. The van der Waals surface area contributed by atoms with E-state index in [4.69, 9.17) is 5.11 Å². The van der Waals surface area contributed by atoms with Gasteiger partial charge in [-0.15, -0.1) is 0 Å². The molecule has 1 rings (SSSR count). The second-order valence-electron chi connectivity index (χ2n) is 3.80. The Morgan fingerprint density at radius 2 is 2.08 bits per heavy atom. The van der Waals surface area contributed by atoms with Crippen LogP contribution in [0, 0.1) is 0 Å².